The van der Waals surface area contributed by atoms with Gasteiger partial charge in [0.25, 0.3) is 0 Å². The van der Waals surface area contributed by atoms with E-state index in [0.717, 1.165) is 44.4 Å². The smallest absolute Gasteiger partial charge is 0.170 e. The molecule has 0 fully saturated rings. The predicted molar refractivity (Wildman–Crippen MR) is 245 cm³/mol. The molecule has 1 aliphatic carbocycles. The summed E-state index contributed by atoms with van der Waals surface area (Å²) in [7, 11) is 0. The molecular weight excluding hydrogens is 745 g/mol. The first-order chi connectivity index (χ1) is 30.2. The molecule has 9 aromatic carbocycles. The molecule has 286 valence electrons. The van der Waals surface area contributed by atoms with E-state index in [0.29, 0.717) is 28.8 Å². The van der Waals surface area contributed by atoms with E-state index < -0.39 is 5.41 Å². The zero-order chi connectivity index (χ0) is 40.3. The number of hydrogen-bond acceptors (Lipinski definition) is 4. The molecule has 10 aromatic rings. The molecule has 0 amide bonds. The Bertz CT molecular complexity index is 3230. The fraction of sp³-hybridized carbons (Fsp3) is 0.0175. The topological polar surface area (TPSA) is 44.2 Å². The Morgan fingerprint density at radius 1 is 0.328 bits per heavy atom. The first-order valence-electron chi connectivity index (χ1n) is 20.6. The summed E-state index contributed by atoms with van der Waals surface area (Å²) in [5.41, 5.74) is 14.9. The molecule has 12 rings (SSSR count). The normalized spacial score (nSPS) is 13.0. The average Bonchev–Trinajstić information content (AvgIpc) is 3.62. The molecule has 61 heavy (non-hydrogen) atoms. The monoisotopic (exact) mass is 780 g/mol. The SMILES string of the molecule is c1ccc(-c2ccc(-c3nc(-c4ccc(-c5ccc6c(c5)Oc5cc7c(cc5O6)C(c5ccccc5)(c5ccccc5)c5ccccc5-7)cc4)nc4ccccc34)cc2)cc1. The molecule has 0 atom stereocenters. The lowest BCUT2D eigenvalue weighted by molar-refractivity contribution is 0.359. The lowest BCUT2D eigenvalue weighted by Gasteiger charge is -2.34. The van der Waals surface area contributed by atoms with Crippen molar-refractivity contribution in [2.24, 2.45) is 0 Å². The third kappa shape index (κ3) is 5.68. The quantitative estimate of drug-likeness (QED) is 0.169. The maximum atomic E-state index is 6.74. The number of ether oxygens (including phenoxy) is 2. The van der Waals surface area contributed by atoms with Gasteiger partial charge in [-0.2, -0.15) is 0 Å². The van der Waals surface area contributed by atoms with Gasteiger partial charge in [0, 0.05) is 16.5 Å². The number of benzene rings is 9. The highest BCUT2D eigenvalue weighted by Gasteiger charge is 2.47. The van der Waals surface area contributed by atoms with Crippen LogP contribution in [0.4, 0.5) is 0 Å². The van der Waals surface area contributed by atoms with E-state index in [1.807, 2.05) is 24.3 Å². The Balaban J connectivity index is 0.875. The summed E-state index contributed by atoms with van der Waals surface area (Å²) in [4.78, 5) is 10.2. The van der Waals surface area contributed by atoms with E-state index in [1.165, 1.54) is 38.9 Å². The van der Waals surface area contributed by atoms with Crippen LogP contribution in [0, 0.1) is 0 Å². The highest BCUT2D eigenvalue weighted by Crippen LogP contribution is 2.59. The van der Waals surface area contributed by atoms with Crippen molar-refractivity contribution in [1.29, 1.82) is 0 Å². The third-order valence-electron chi connectivity index (χ3n) is 12.3. The average molecular weight is 781 g/mol. The largest absolute Gasteiger partial charge is 0.450 e. The van der Waals surface area contributed by atoms with Gasteiger partial charge < -0.3 is 9.47 Å². The molecule has 0 saturated heterocycles. The van der Waals surface area contributed by atoms with Crippen LogP contribution in [0.5, 0.6) is 23.0 Å². The van der Waals surface area contributed by atoms with Crippen molar-refractivity contribution in [3.05, 3.63) is 241 Å². The molecule has 0 unspecified atom stereocenters. The third-order valence-corrected chi connectivity index (χ3v) is 12.3. The fourth-order valence-corrected chi connectivity index (χ4v) is 9.38. The molecule has 0 spiro atoms. The Labute approximate surface area is 354 Å². The molecule has 4 nitrogen and oxygen atoms in total. The first-order valence-corrected chi connectivity index (χ1v) is 20.6. The summed E-state index contributed by atoms with van der Waals surface area (Å²) in [5.74, 6) is 3.45. The molecule has 0 radical (unpaired) electrons. The molecule has 0 bridgehead atoms. The van der Waals surface area contributed by atoms with Crippen LogP contribution in [-0.4, -0.2) is 9.97 Å². The number of rotatable bonds is 6. The second-order valence-electron chi connectivity index (χ2n) is 15.7. The van der Waals surface area contributed by atoms with Gasteiger partial charge in [-0.1, -0.05) is 188 Å². The van der Waals surface area contributed by atoms with E-state index in [2.05, 4.69) is 194 Å². The van der Waals surface area contributed by atoms with E-state index in [1.54, 1.807) is 0 Å². The number of para-hydroxylation sites is 1. The lowest BCUT2D eigenvalue weighted by Crippen LogP contribution is -2.28. The van der Waals surface area contributed by atoms with Crippen LogP contribution in [0.25, 0.3) is 66.9 Å². The Morgan fingerprint density at radius 3 is 1.59 bits per heavy atom. The minimum Gasteiger partial charge on any atom is -0.450 e. The number of hydrogen-bond donors (Lipinski definition) is 0. The summed E-state index contributed by atoms with van der Waals surface area (Å²) in [6.45, 7) is 0. The molecule has 4 heteroatoms. The summed E-state index contributed by atoms with van der Waals surface area (Å²) in [6, 6.07) is 76.6. The molecule has 1 aromatic heterocycles. The maximum Gasteiger partial charge on any atom is 0.170 e. The van der Waals surface area contributed by atoms with Gasteiger partial charge in [-0.15, -0.1) is 0 Å². The lowest BCUT2D eigenvalue weighted by atomic mass is 9.67. The van der Waals surface area contributed by atoms with E-state index in [-0.39, 0.29) is 0 Å². The van der Waals surface area contributed by atoms with Gasteiger partial charge in [0.15, 0.2) is 28.8 Å². The van der Waals surface area contributed by atoms with Crippen molar-refractivity contribution in [3.63, 3.8) is 0 Å². The maximum absolute atomic E-state index is 6.74. The van der Waals surface area contributed by atoms with Crippen LogP contribution in [0.1, 0.15) is 22.3 Å². The number of nitrogens with zero attached hydrogens (tertiary/aromatic N) is 2. The van der Waals surface area contributed by atoms with E-state index in [4.69, 9.17) is 19.4 Å². The Morgan fingerprint density at radius 2 is 0.852 bits per heavy atom. The highest BCUT2D eigenvalue weighted by atomic mass is 16.6. The highest BCUT2D eigenvalue weighted by molar-refractivity contribution is 5.94. The van der Waals surface area contributed by atoms with Crippen molar-refractivity contribution < 1.29 is 9.47 Å². The zero-order valence-corrected chi connectivity index (χ0v) is 33.0. The summed E-state index contributed by atoms with van der Waals surface area (Å²) < 4.78 is 13.4. The van der Waals surface area contributed by atoms with Crippen LogP contribution in [0.15, 0.2) is 218 Å². The van der Waals surface area contributed by atoms with Gasteiger partial charge in [0.1, 0.15) is 0 Å². The standard InChI is InChI=1S/C57H36N2O2/c1-4-14-37(15-5-1)38-24-28-40(29-25-38)55-46-21-11-13-23-50(46)58-56(59-55)41-30-26-39(27-31-41)42-32-33-51-52(34-42)61-53-35-47-45-20-10-12-22-48(45)57(43-16-6-2-7-17-43,44-18-8-3-9-19-44)49(47)36-54(53)60-51/h1-36H. The van der Waals surface area contributed by atoms with Gasteiger partial charge >= 0.3 is 0 Å². The molecule has 0 saturated carbocycles. The van der Waals surface area contributed by atoms with Crippen LogP contribution < -0.4 is 9.47 Å². The van der Waals surface area contributed by atoms with Crippen molar-refractivity contribution in [2.45, 2.75) is 5.41 Å². The van der Waals surface area contributed by atoms with Gasteiger partial charge in [0.2, 0.25) is 0 Å². The number of fused-ring (bicyclic) bond motifs is 6. The van der Waals surface area contributed by atoms with Crippen molar-refractivity contribution in [1.82, 2.24) is 9.97 Å². The molecule has 2 aliphatic rings. The second kappa shape index (κ2) is 14.0. The zero-order valence-electron chi connectivity index (χ0n) is 33.0. The van der Waals surface area contributed by atoms with Gasteiger partial charge in [-0.25, -0.2) is 9.97 Å². The molecule has 0 N–H and O–H groups in total. The van der Waals surface area contributed by atoms with Crippen molar-refractivity contribution in [3.8, 4) is 79.0 Å². The van der Waals surface area contributed by atoms with E-state index >= 15 is 0 Å². The van der Waals surface area contributed by atoms with Gasteiger partial charge in [-0.05, 0) is 86.0 Å². The molecule has 1 aliphatic heterocycles. The number of aromatic nitrogens is 2. The van der Waals surface area contributed by atoms with Crippen LogP contribution in [0.3, 0.4) is 0 Å². The Hall–Kier alpha value is -8.08. The summed E-state index contributed by atoms with van der Waals surface area (Å²) in [6.07, 6.45) is 0. The summed E-state index contributed by atoms with van der Waals surface area (Å²) in [5, 5.41) is 1.02. The minimum atomic E-state index is -0.517. The second-order valence-corrected chi connectivity index (χ2v) is 15.7. The van der Waals surface area contributed by atoms with Crippen LogP contribution >= 0.6 is 0 Å². The predicted octanol–water partition coefficient (Wildman–Crippen LogP) is 14.6. The van der Waals surface area contributed by atoms with Crippen LogP contribution in [0.2, 0.25) is 0 Å². The van der Waals surface area contributed by atoms with Crippen molar-refractivity contribution >= 4 is 10.9 Å². The first kappa shape index (κ1) is 34.9. The summed E-state index contributed by atoms with van der Waals surface area (Å²) >= 11 is 0. The fourth-order valence-electron chi connectivity index (χ4n) is 9.38. The van der Waals surface area contributed by atoms with Crippen molar-refractivity contribution in [2.75, 3.05) is 0 Å². The van der Waals surface area contributed by atoms with E-state index in [9.17, 15) is 0 Å². The van der Waals surface area contributed by atoms with Gasteiger partial charge in [0.05, 0.1) is 16.6 Å². The minimum absolute atomic E-state index is 0.517. The van der Waals surface area contributed by atoms with Crippen LogP contribution in [-0.2, 0) is 5.41 Å². The molecule has 2 heterocycles. The molecular formula is C57H36N2O2. The Kier molecular flexibility index (Phi) is 8.04. The van der Waals surface area contributed by atoms with Gasteiger partial charge in [-0.3, -0.25) is 0 Å².